The second-order valence-electron chi connectivity index (χ2n) is 5.02. The lowest BCUT2D eigenvalue weighted by Crippen LogP contribution is -2.37. The average molecular weight is 266 g/mol. The highest BCUT2D eigenvalue weighted by Gasteiger charge is 2.27. The Balaban J connectivity index is 3.09. The molecular weight excluding hydrogens is 244 g/mol. The molecule has 0 aromatic heterocycles. The number of ether oxygens (including phenoxy) is 2. The molecule has 0 aliphatic heterocycles. The van der Waals surface area contributed by atoms with E-state index in [-0.39, 0.29) is 12.5 Å². The van der Waals surface area contributed by atoms with E-state index in [0.717, 1.165) is 5.56 Å². The molecule has 0 unspecified atom stereocenters. The molecule has 0 heterocycles. The first-order chi connectivity index (χ1) is 8.87. The minimum atomic E-state index is -0.626. The number of methoxy groups -OCH3 is 2. The lowest BCUT2D eigenvalue weighted by atomic mass is 9.92. The molecule has 1 rings (SSSR count). The van der Waals surface area contributed by atoms with Crippen LogP contribution in [0.3, 0.4) is 0 Å². The number of carbonyl (C=O) groups is 1. The van der Waals surface area contributed by atoms with Crippen LogP contribution < -0.4 is 20.5 Å². The van der Waals surface area contributed by atoms with Crippen LogP contribution in [0.1, 0.15) is 19.4 Å². The summed E-state index contributed by atoms with van der Waals surface area (Å²) in [4.78, 5) is 12.1. The summed E-state index contributed by atoms with van der Waals surface area (Å²) in [7, 11) is 3.16. The second kappa shape index (κ2) is 5.93. The smallest absolute Gasteiger partial charge is 0.231 e. The van der Waals surface area contributed by atoms with Gasteiger partial charge in [0.05, 0.1) is 25.3 Å². The van der Waals surface area contributed by atoms with Crippen molar-refractivity contribution in [2.75, 3.05) is 26.1 Å². The van der Waals surface area contributed by atoms with Crippen LogP contribution in [0.15, 0.2) is 12.1 Å². The van der Waals surface area contributed by atoms with Gasteiger partial charge in [-0.3, -0.25) is 4.79 Å². The first-order valence-corrected chi connectivity index (χ1v) is 6.10. The lowest BCUT2D eigenvalue weighted by Gasteiger charge is -2.23. The molecule has 0 aliphatic rings. The Hall–Kier alpha value is -1.75. The fourth-order valence-electron chi connectivity index (χ4n) is 1.64. The Morgan fingerprint density at radius 2 is 1.95 bits per heavy atom. The molecule has 5 nitrogen and oxygen atoms in total. The monoisotopic (exact) mass is 266 g/mol. The van der Waals surface area contributed by atoms with E-state index in [9.17, 15) is 4.79 Å². The van der Waals surface area contributed by atoms with E-state index in [1.54, 1.807) is 40.2 Å². The molecule has 5 heteroatoms. The van der Waals surface area contributed by atoms with Crippen LogP contribution in [0.5, 0.6) is 11.5 Å². The van der Waals surface area contributed by atoms with E-state index in [0.29, 0.717) is 17.2 Å². The van der Waals surface area contributed by atoms with Gasteiger partial charge in [-0.15, -0.1) is 0 Å². The van der Waals surface area contributed by atoms with Gasteiger partial charge in [-0.25, -0.2) is 0 Å². The first-order valence-electron chi connectivity index (χ1n) is 6.10. The number of anilines is 1. The summed E-state index contributed by atoms with van der Waals surface area (Å²) < 4.78 is 10.6. The number of amides is 1. The molecule has 1 aromatic carbocycles. The maximum atomic E-state index is 12.1. The van der Waals surface area contributed by atoms with Gasteiger partial charge in [-0.1, -0.05) is 0 Å². The molecule has 0 radical (unpaired) electrons. The predicted molar refractivity (Wildman–Crippen MR) is 75.7 cm³/mol. The molecule has 0 bridgehead atoms. The molecule has 19 heavy (non-hydrogen) atoms. The molecular formula is C14H22N2O3. The molecule has 0 spiro atoms. The van der Waals surface area contributed by atoms with Crippen molar-refractivity contribution in [1.29, 1.82) is 0 Å². The van der Waals surface area contributed by atoms with E-state index in [1.807, 2.05) is 6.92 Å². The summed E-state index contributed by atoms with van der Waals surface area (Å²) in [5, 5.41) is 2.85. The molecule has 0 saturated heterocycles. The topological polar surface area (TPSA) is 73.6 Å². The van der Waals surface area contributed by atoms with Gasteiger partial charge in [0.2, 0.25) is 5.91 Å². The van der Waals surface area contributed by atoms with Crippen LogP contribution in [0.4, 0.5) is 5.69 Å². The third-order valence-electron chi connectivity index (χ3n) is 3.15. The Kier molecular flexibility index (Phi) is 4.78. The van der Waals surface area contributed by atoms with Gasteiger partial charge in [0.25, 0.3) is 0 Å². The van der Waals surface area contributed by atoms with Gasteiger partial charge >= 0.3 is 0 Å². The predicted octanol–water partition coefficient (Wildman–Crippen LogP) is 1.94. The number of rotatable bonds is 5. The van der Waals surface area contributed by atoms with Crippen LogP contribution in [0.2, 0.25) is 0 Å². The van der Waals surface area contributed by atoms with E-state index < -0.39 is 5.41 Å². The number of hydrogen-bond acceptors (Lipinski definition) is 4. The number of benzene rings is 1. The summed E-state index contributed by atoms with van der Waals surface area (Å²) in [5.74, 6) is 1.17. The molecule has 106 valence electrons. The fourth-order valence-corrected chi connectivity index (χ4v) is 1.64. The minimum absolute atomic E-state index is 0.141. The Labute approximate surface area is 114 Å². The highest BCUT2D eigenvalue weighted by molar-refractivity contribution is 5.96. The molecule has 0 aliphatic carbocycles. The Morgan fingerprint density at radius 3 is 2.42 bits per heavy atom. The summed E-state index contributed by atoms with van der Waals surface area (Å²) in [6.45, 7) is 5.74. The zero-order valence-electron chi connectivity index (χ0n) is 12.2. The molecule has 0 fully saturated rings. The molecule has 3 N–H and O–H groups in total. The van der Waals surface area contributed by atoms with Crippen molar-refractivity contribution in [2.24, 2.45) is 11.1 Å². The summed E-state index contributed by atoms with van der Waals surface area (Å²) in [6, 6.07) is 3.55. The van der Waals surface area contributed by atoms with Crippen molar-refractivity contribution < 1.29 is 14.3 Å². The van der Waals surface area contributed by atoms with Crippen molar-refractivity contribution in [3.63, 3.8) is 0 Å². The molecule has 0 saturated carbocycles. The van der Waals surface area contributed by atoms with E-state index in [1.165, 1.54) is 0 Å². The van der Waals surface area contributed by atoms with Crippen molar-refractivity contribution >= 4 is 11.6 Å². The highest BCUT2D eigenvalue weighted by Crippen LogP contribution is 2.35. The van der Waals surface area contributed by atoms with Gasteiger partial charge < -0.3 is 20.5 Å². The maximum absolute atomic E-state index is 12.1. The molecule has 0 atom stereocenters. The minimum Gasteiger partial charge on any atom is -0.496 e. The van der Waals surface area contributed by atoms with Crippen molar-refractivity contribution in [3.05, 3.63) is 17.7 Å². The quantitative estimate of drug-likeness (QED) is 0.854. The van der Waals surface area contributed by atoms with Gasteiger partial charge in [0, 0.05) is 12.1 Å². The van der Waals surface area contributed by atoms with Crippen LogP contribution in [-0.4, -0.2) is 26.7 Å². The summed E-state index contributed by atoms with van der Waals surface area (Å²) >= 11 is 0. The zero-order valence-corrected chi connectivity index (χ0v) is 12.2. The number of nitrogens with one attached hydrogen (secondary N) is 1. The van der Waals surface area contributed by atoms with Crippen molar-refractivity contribution in [2.45, 2.75) is 20.8 Å². The second-order valence-corrected chi connectivity index (χ2v) is 5.02. The van der Waals surface area contributed by atoms with Crippen LogP contribution in [0.25, 0.3) is 0 Å². The fraction of sp³-hybridized carbons (Fsp3) is 0.500. The standard InChI is InChI=1S/C14H22N2O3/c1-9-11(18-4)7-6-10(12(9)19-5)16-13(17)14(2,3)8-15/h6-7H,8,15H2,1-5H3,(H,16,17). The van der Waals surface area contributed by atoms with Crippen LogP contribution in [-0.2, 0) is 4.79 Å². The number of carbonyl (C=O) groups excluding carboxylic acids is 1. The molecule has 1 amide bonds. The highest BCUT2D eigenvalue weighted by atomic mass is 16.5. The van der Waals surface area contributed by atoms with Crippen LogP contribution in [0, 0.1) is 12.3 Å². The van der Waals surface area contributed by atoms with Gasteiger partial charge in [-0.05, 0) is 32.9 Å². The number of nitrogens with two attached hydrogens (primary N) is 1. The number of hydrogen-bond donors (Lipinski definition) is 2. The first kappa shape index (κ1) is 15.3. The van der Waals surface area contributed by atoms with Gasteiger partial charge in [0.15, 0.2) is 0 Å². The Bertz CT molecular complexity index is 470. The third-order valence-corrected chi connectivity index (χ3v) is 3.15. The Morgan fingerprint density at radius 1 is 1.32 bits per heavy atom. The van der Waals surface area contributed by atoms with Gasteiger partial charge in [0.1, 0.15) is 11.5 Å². The van der Waals surface area contributed by atoms with Crippen molar-refractivity contribution in [1.82, 2.24) is 0 Å². The largest absolute Gasteiger partial charge is 0.496 e. The third kappa shape index (κ3) is 3.17. The summed E-state index contributed by atoms with van der Waals surface area (Å²) in [5.41, 5.74) is 6.43. The lowest BCUT2D eigenvalue weighted by molar-refractivity contribution is -0.123. The van der Waals surface area contributed by atoms with Gasteiger partial charge in [-0.2, -0.15) is 0 Å². The summed E-state index contributed by atoms with van der Waals surface area (Å²) in [6.07, 6.45) is 0. The zero-order chi connectivity index (χ0) is 14.6. The normalized spacial score (nSPS) is 11.1. The SMILES string of the molecule is COc1ccc(NC(=O)C(C)(C)CN)c(OC)c1C. The van der Waals surface area contributed by atoms with Crippen molar-refractivity contribution in [3.8, 4) is 11.5 Å². The maximum Gasteiger partial charge on any atom is 0.231 e. The average Bonchev–Trinajstić information content (AvgIpc) is 2.39. The molecule has 1 aromatic rings. The van der Waals surface area contributed by atoms with E-state index in [4.69, 9.17) is 15.2 Å². The van der Waals surface area contributed by atoms with E-state index >= 15 is 0 Å². The van der Waals surface area contributed by atoms with E-state index in [2.05, 4.69) is 5.32 Å². The van der Waals surface area contributed by atoms with Crippen LogP contribution >= 0.6 is 0 Å².